The van der Waals surface area contributed by atoms with E-state index in [0.29, 0.717) is 18.7 Å². The maximum atomic E-state index is 14.0. The first kappa shape index (κ1) is 35.2. The van der Waals surface area contributed by atoms with E-state index in [1.807, 2.05) is 19.2 Å². The van der Waals surface area contributed by atoms with Crippen LogP contribution in [0.15, 0.2) is 24.3 Å². The molecule has 0 bridgehead atoms. The van der Waals surface area contributed by atoms with E-state index in [4.69, 9.17) is 9.47 Å². The number of methoxy groups -OCH3 is 1. The quantitative estimate of drug-likeness (QED) is 0.315. The Morgan fingerprint density at radius 3 is 2.28 bits per heavy atom. The average Bonchev–Trinajstić information content (AvgIpc) is 3.31. The second-order valence-electron chi connectivity index (χ2n) is 14.0. The fraction of sp³-hybridized carbons (Fsp3) is 0.656. The number of hydrogen-bond acceptors (Lipinski definition) is 7. The Morgan fingerprint density at radius 2 is 1.74 bits per heavy atom. The summed E-state index contributed by atoms with van der Waals surface area (Å²) in [5.41, 5.74) is -0.661. The van der Waals surface area contributed by atoms with Gasteiger partial charge in [-0.2, -0.15) is 13.2 Å². The molecule has 14 heteroatoms. The molecule has 6 atom stereocenters. The van der Waals surface area contributed by atoms with E-state index >= 15 is 0 Å². The summed E-state index contributed by atoms with van der Waals surface area (Å²) in [5.74, 6) is -4.68. The topological polar surface area (TPSA) is 143 Å². The number of carbonyl (C=O) groups is 5. The first-order valence-electron chi connectivity index (χ1n) is 15.4. The smallest absolute Gasteiger partial charge is 0.471 e. The molecule has 46 heavy (non-hydrogen) atoms. The SMILES string of the molecule is COc1ccc(COCC(=O)[C@H](C[C@@H]2CCNC2=O)NC(=O)[C@@H]2[C@@H]3[C@H](CN2C(=O)[C@@H](NC(=O)C(F)(F)F)C(C)(C)C)C3(C)C)cc1. The second-order valence-corrected chi connectivity index (χ2v) is 14.0. The molecule has 3 aliphatic rings. The van der Waals surface area contributed by atoms with Crippen LogP contribution in [0.5, 0.6) is 5.75 Å². The maximum Gasteiger partial charge on any atom is 0.471 e. The number of likely N-dealkylation sites (tertiary alicyclic amines) is 1. The fourth-order valence-electron chi connectivity index (χ4n) is 6.61. The molecular weight excluding hydrogens is 609 g/mol. The molecule has 1 aromatic carbocycles. The van der Waals surface area contributed by atoms with Gasteiger partial charge >= 0.3 is 12.1 Å². The minimum absolute atomic E-state index is 0.0205. The third-order valence-corrected chi connectivity index (χ3v) is 9.47. The largest absolute Gasteiger partial charge is 0.497 e. The average molecular weight is 653 g/mol. The number of hydrogen-bond donors (Lipinski definition) is 3. The number of nitrogens with one attached hydrogen (secondary N) is 3. The summed E-state index contributed by atoms with van der Waals surface area (Å²) in [5, 5.41) is 7.32. The Labute approximate surface area is 266 Å². The van der Waals surface area contributed by atoms with Crippen LogP contribution in [0.4, 0.5) is 13.2 Å². The lowest BCUT2D eigenvalue weighted by Crippen LogP contribution is -2.61. The number of benzene rings is 1. The van der Waals surface area contributed by atoms with Crippen molar-refractivity contribution in [1.29, 1.82) is 0 Å². The Kier molecular flexibility index (Phi) is 10.1. The second kappa shape index (κ2) is 13.2. The van der Waals surface area contributed by atoms with Gasteiger partial charge in [-0.15, -0.1) is 0 Å². The molecule has 4 rings (SSSR count). The highest BCUT2D eigenvalue weighted by atomic mass is 19.4. The van der Waals surface area contributed by atoms with Gasteiger partial charge in [0.2, 0.25) is 17.7 Å². The van der Waals surface area contributed by atoms with Gasteiger partial charge in [-0.25, -0.2) is 0 Å². The summed E-state index contributed by atoms with van der Waals surface area (Å²) in [6, 6.07) is 3.31. The number of halogens is 3. The normalized spacial score (nSPS) is 24.8. The molecule has 0 radical (unpaired) electrons. The number of ketones is 1. The molecule has 1 saturated carbocycles. The lowest BCUT2D eigenvalue weighted by atomic mass is 9.85. The van der Waals surface area contributed by atoms with E-state index in [-0.39, 0.29) is 49.3 Å². The van der Waals surface area contributed by atoms with Crippen molar-refractivity contribution in [2.24, 2.45) is 28.6 Å². The van der Waals surface area contributed by atoms with Gasteiger partial charge in [0.1, 0.15) is 24.4 Å². The van der Waals surface area contributed by atoms with Gasteiger partial charge in [-0.1, -0.05) is 46.8 Å². The predicted molar refractivity (Wildman–Crippen MR) is 159 cm³/mol. The third kappa shape index (κ3) is 7.64. The van der Waals surface area contributed by atoms with Crippen LogP contribution in [-0.4, -0.2) is 85.4 Å². The van der Waals surface area contributed by atoms with E-state index in [2.05, 4.69) is 10.6 Å². The van der Waals surface area contributed by atoms with Crippen molar-refractivity contribution in [1.82, 2.24) is 20.9 Å². The van der Waals surface area contributed by atoms with Crippen LogP contribution >= 0.6 is 0 Å². The summed E-state index contributed by atoms with van der Waals surface area (Å²) in [6.45, 7) is 8.75. The number of ether oxygens (including phenoxy) is 2. The molecule has 0 unspecified atom stereocenters. The number of alkyl halides is 3. The Bertz CT molecular complexity index is 1340. The lowest BCUT2D eigenvalue weighted by molar-refractivity contribution is -0.176. The number of nitrogens with zero attached hydrogens (tertiary/aromatic N) is 1. The van der Waals surface area contributed by atoms with Gasteiger partial charge in [0.25, 0.3) is 0 Å². The molecular formula is C32H43F3N4O7. The minimum Gasteiger partial charge on any atom is -0.497 e. The summed E-state index contributed by atoms with van der Waals surface area (Å²) >= 11 is 0. The van der Waals surface area contributed by atoms with Crippen LogP contribution in [-0.2, 0) is 35.3 Å². The Balaban J connectivity index is 1.52. The van der Waals surface area contributed by atoms with Crippen molar-refractivity contribution in [3.63, 3.8) is 0 Å². The Hall–Kier alpha value is -3.68. The van der Waals surface area contributed by atoms with E-state index < -0.39 is 59.1 Å². The van der Waals surface area contributed by atoms with Gasteiger partial charge in [0.15, 0.2) is 5.78 Å². The number of Topliss-reactive ketones (excluding diaryl/α,β-unsaturated/α-hetero) is 1. The number of piperidine rings is 1. The third-order valence-electron chi connectivity index (χ3n) is 9.47. The summed E-state index contributed by atoms with van der Waals surface area (Å²) < 4.78 is 50.3. The minimum atomic E-state index is -5.20. The predicted octanol–water partition coefficient (Wildman–Crippen LogP) is 2.37. The molecule has 4 amide bonds. The summed E-state index contributed by atoms with van der Waals surface area (Å²) in [4.78, 5) is 66.7. The van der Waals surface area contributed by atoms with Crippen molar-refractivity contribution in [2.75, 3.05) is 26.8 Å². The van der Waals surface area contributed by atoms with Gasteiger partial charge in [-0.05, 0) is 53.2 Å². The molecule has 2 aliphatic heterocycles. The first-order chi connectivity index (χ1) is 21.4. The van der Waals surface area contributed by atoms with Crippen molar-refractivity contribution < 1.29 is 46.6 Å². The first-order valence-corrected chi connectivity index (χ1v) is 15.4. The molecule has 1 aromatic rings. The van der Waals surface area contributed by atoms with E-state index in [9.17, 15) is 37.1 Å². The van der Waals surface area contributed by atoms with Crippen molar-refractivity contribution in [3.05, 3.63) is 29.8 Å². The van der Waals surface area contributed by atoms with Crippen LogP contribution in [0.2, 0.25) is 0 Å². The molecule has 254 valence electrons. The fourth-order valence-corrected chi connectivity index (χ4v) is 6.61. The van der Waals surface area contributed by atoms with Gasteiger partial charge in [0.05, 0.1) is 19.8 Å². The van der Waals surface area contributed by atoms with Crippen LogP contribution < -0.4 is 20.7 Å². The lowest BCUT2D eigenvalue weighted by Gasteiger charge is -2.38. The molecule has 3 N–H and O–H groups in total. The zero-order valence-corrected chi connectivity index (χ0v) is 27.0. The molecule has 2 heterocycles. The maximum absolute atomic E-state index is 14.0. The van der Waals surface area contributed by atoms with E-state index in [1.165, 1.54) is 25.7 Å². The van der Waals surface area contributed by atoms with Crippen molar-refractivity contribution >= 4 is 29.4 Å². The molecule has 0 spiro atoms. The highest BCUT2D eigenvalue weighted by Gasteiger charge is 2.70. The van der Waals surface area contributed by atoms with Crippen LogP contribution in [0.1, 0.15) is 53.0 Å². The van der Waals surface area contributed by atoms with Gasteiger partial charge in [0, 0.05) is 19.0 Å². The van der Waals surface area contributed by atoms with Gasteiger partial charge < -0.3 is 30.3 Å². The molecule has 3 fully saturated rings. The highest BCUT2D eigenvalue weighted by molar-refractivity contribution is 5.97. The number of amides is 4. The summed E-state index contributed by atoms with van der Waals surface area (Å²) in [7, 11) is 1.54. The van der Waals surface area contributed by atoms with Crippen LogP contribution in [0, 0.1) is 28.6 Å². The number of rotatable bonds is 12. The zero-order chi connectivity index (χ0) is 34.2. The van der Waals surface area contributed by atoms with Crippen molar-refractivity contribution in [3.8, 4) is 5.75 Å². The highest BCUT2D eigenvalue weighted by Crippen LogP contribution is 2.65. The molecule has 11 nitrogen and oxygen atoms in total. The number of carbonyl (C=O) groups excluding carboxylic acids is 5. The molecule has 2 saturated heterocycles. The van der Waals surface area contributed by atoms with E-state index in [0.717, 1.165) is 5.56 Å². The van der Waals surface area contributed by atoms with Gasteiger partial charge in [-0.3, -0.25) is 24.0 Å². The summed E-state index contributed by atoms with van der Waals surface area (Å²) in [6.07, 6.45) is -4.71. The Morgan fingerprint density at radius 1 is 1.09 bits per heavy atom. The standard InChI is InChI=1S/C32H43F3N4O7/c1-30(2,3)25(38-29(44)32(33,34)35)28(43)39-14-20-23(31(20,4)5)24(39)27(42)37-21(13-18-11-12-36-26(18)41)22(40)16-46-15-17-7-9-19(45-6)10-8-17/h7-10,18,20-21,23-25H,11-16H2,1-6H3,(H,36,41)(H,37,42)(H,38,44)/t18-,20-,21-,23-,24-,25+/m0/s1. The monoisotopic (exact) mass is 652 g/mol. The van der Waals surface area contributed by atoms with Crippen LogP contribution in [0.25, 0.3) is 0 Å². The zero-order valence-electron chi connectivity index (χ0n) is 27.0. The van der Waals surface area contributed by atoms with Crippen LogP contribution in [0.3, 0.4) is 0 Å². The van der Waals surface area contributed by atoms with Crippen molar-refractivity contribution in [2.45, 2.75) is 78.4 Å². The molecule has 1 aliphatic carbocycles. The molecule has 0 aromatic heterocycles. The number of fused-ring (bicyclic) bond motifs is 1. The van der Waals surface area contributed by atoms with E-state index in [1.54, 1.807) is 31.4 Å².